The van der Waals surface area contributed by atoms with Crippen LogP contribution in [0.4, 0.5) is 14.4 Å². The summed E-state index contributed by atoms with van der Waals surface area (Å²) in [4.78, 5) is 131. The summed E-state index contributed by atoms with van der Waals surface area (Å²) < 4.78 is 55.4. The van der Waals surface area contributed by atoms with Crippen molar-refractivity contribution in [3.63, 3.8) is 0 Å². The molecule has 0 spiro atoms. The number of ketones is 2. The molecular weight excluding hydrogens is 1440 g/mol. The first-order valence-electron chi connectivity index (χ1n) is 35.3. The number of quaternary nitrogens is 2. The molecular formula is C78H114Cl2N6O22. The van der Waals surface area contributed by atoms with Crippen LogP contribution in [0.3, 0.4) is 0 Å². The predicted molar refractivity (Wildman–Crippen MR) is 390 cm³/mol. The lowest BCUT2D eigenvalue weighted by atomic mass is 9.71. The molecule has 602 valence electrons. The summed E-state index contributed by atoms with van der Waals surface area (Å²) in [6.07, 6.45) is -0.357. The van der Waals surface area contributed by atoms with Crippen molar-refractivity contribution in [2.75, 3.05) is 60.4 Å². The third kappa shape index (κ3) is 41.7. The molecule has 0 aliphatic carbocycles. The molecule has 4 aromatic rings. The molecule has 0 bridgehead atoms. The number of methoxy groups -OCH3 is 2. The van der Waals surface area contributed by atoms with Gasteiger partial charge in [-0.25, -0.2) is 28.8 Å². The molecule has 28 nitrogen and oxygen atoms in total. The number of esters is 5. The first kappa shape index (κ1) is 97.4. The van der Waals surface area contributed by atoms with Crippen molar-refractivity contribution in [1.29, 1.82) is 0 Å². The highest BCUT2D eigenvalue weighted by molar-refractivity contribution is 5.98. The molecule has 7 rings (SSSR count). The Morgan fingerprint density at radius 1 is 0.481 bits per heavy atom. The Balaban J connectivity index is 0.000000807. The number of hydrogen-bond donors (Lipinski definition) is 6. The quantitative estimate of drug-likeness (QED) is 0.0169. The molecule has 30 heteroatoms. The Morgan fingerprint density at radius 2 is 0.880 bits per heavy atom. The maximum atomic E-state index is 14.2. The van der Waals surface area contributed by atoms with Crippen LogP contribution in [0, 0.1) is 11.3 Å². The molecule has 6 atom stereocenters. The lowest BCUT2D eigenvalue weighted by molar-refractivity contribution is -0.403. The Morgan fingerprint density at radius 3 is 1.29 bits per heavy atom. The summed E-state index contributed by atoms with van der Waals surface area (Å²) in [6.45, 7) is 30.2. The SMILES string of the molecule is CC(C)(C)OC(=O)C[C@@H]1NC(=O)OC1=O.CC(C)(C)Oc1ccc(C[C@@H]2NC(=O)OC2=O)cc1.COCCOCCCC(=O)C(CC(=O)OC(C)(C)C)NC(=O)C(Cc1ccccc1)C(C)(C)CC(=O)C([NH3+])Cc1ccc(OC(C)(C)C)cc1.COCCOCC[NH3+].O=C1N[C@@H](Cc2ccccc2)C(=O)O1.[Cl-].[Cl-]. The van der Waals surface area contributed by atoms with Crippen molar-refractivity contribution in [1.82, 2.24) is 21.3 Å². The zero-order valence-electron chi connectivity index (χ0n) is 65.3. The van der Waals surface area contributed by atoms with Crippen molar-refractivity contribution in [2.45, 2.75) is 207 Å². The average molecular weight is 1560 g/mol. The van der Waals surface area contributed by atoms with Crippen LogP contribution in [0.2, 0.25) is 0 Å². The second-order valence-corrected chi connectivity index (χ2v) is 29.9. The van der Waals surface area contributed by atoms with E-state index in [0.717, 1.165) is 46.9 Å². The lowest BCUT2D eigenvalue weighted by Gasteiger charge is -2.34. The molecule has 4 amide bonds. The number of hydrogen-bond acceptors (Lipinski definition) is 22. The van der Waals surface area contributed by atoms with E-state index < -0.39 is 107 Å². The number of Topliss-reactive ketones (excluding diaryl/α,β-unsaturated/α-hetero) is 2. The summed E-state index contributed by atoms with van der Waals surface area (Å²) in [7, 11) is 3.24. The largest absolute Gasteiger partial charge is 1.00 e. The number of cyclic esters (lactones) is 6. The molecule has 0 aromatic heterocycles. The molecule has 0 saturated carbocycles. The van der Waals surface area contributed by atoms with E-state index in [0.29, 0.717) is 65.1 Å². The highest BCUT2D eigenvalue weighted by atomic mass is 35.5. The molecule has 3 heterocycles. The van der Waals surface area contributed by atoms with E-state index in [1.54, 1.807) is 55.8 Å². The Labute approximate surface area is 647 Å². The van der Waals surface area contributed by atoms with Crippen LogP contribution in [-0.4, -0.2) is 179 Å². The van der Waals surface area contributed by atoms with E-state index in [4.69, 9.17) is 37.9 Å². The molecule has 4 aromatic carbocycles. The van der Waals surface area contributed by atoms with E-state index in [9.17, 15) is 52.7 Å². The summed E-state index contributed by atoms with van der Waals surface area (Å²) in [5.41, 5.74) is 8.87. The van der Waals surface area contributed by atoms with Crippen LogP contribution in [-0.2, 0) is 107 Å². The summed E-state index contributed by atoms with van der Waals surface area (Å²) in [5.74, 6) is -2.83. The van der Waals surface area contributed by atoms with Crippen LogP contribution < -0.4 is 67.0 Å². The average Bonchev–Trinajstić information content (AvgIpc) is 1.15. The summed E-state index contributed by atoms with van der Waals surface area (Å²) in [6, 6.07) is 30.5. The molecule has 3 unspecified atom stereocenters. The Bertz CT molecular complexity index is 3440. The van der Waals surface area contributed by atoms with Crippen LogP contribution in [0.5, 0.6) is 11.5 Å². The van der Waals surface area contributed by atoms with Crippen LogP contribution >= 0.6 is 0 Å². The third-order valence-corrected chi connectivity index (χ3v) is 15.0. The van der Waals surface area contributed by atoms with Crippen molar-refractivity contribution >= 4 is 65.6 Å². The minimum absolute atomic E-state index is 0. The number of carbonyl (C=O) groups excluding carboxylic acids is 11. The van der Waals surface area contributed by atoms with Gasteiger partial charge >= 0.3 is 48.1 Å². The maximum Gasteiger partial charge on any atom is 0.415 e. The van der Waals surface area contributed by atoms with Gasteiger partial charge in [0.05, 0.1) is 58.5 Å². The number of benzene rings is 4. The first-order valence-corrected chi connectivity index (χ1v) is 35.3. The highest BCUT2D eigenvalue weighted by Crippen LogP contribution is 2.35. The van der Waals surface area contributed by atoms with Gasteiger partial charge in [-0.15, -0.1) is 0 Å². The van der Waals surface area contributed by atoms with Crippen LogP contribution in [0.1, 0.15) is 151 Å². The van der Waals surface area contributed by atoms with Crippen LogP contribution in [0.25, 0.3) is 0 Å². The standard InChI is InChI=1S/C40H60N2O8.C14H17NO4.C10H9NO3.C9H13NO5.C5H13NO2.2ClH/c1-38(2,3)49-30-19-17-29(18-20-30)25-32(41)35(44)27-40(7,8)31(24-28-14-11-10-12-15-28)37(46)42-33(26-36(45)50-39(4,5)6)34(43)16-13-21-48-23-22-47-9;1-14(2,3)19-10-6-4-9(5-7-10)8-11-12(16)18-13(17)15-11;12-9-8(11-10(13)14-9)6-7-4-2-1-3-5-7;1-9(2,3)15-6(11)4-5-7(12)14-8(13)10-5;1-7-4-5-8-3-2-6;;/h10-12,14-15,17-20,31-33H,13,16,21-27,41H2,1-9H3,(H,42,46);4-7,11H,8H2,1-3H3,(H,15,17);1-5,8H,6H2,(H,11,13);5H,4H2,1-3H3,(H,10,13);2-6H2,1H3;2*1H/t;11-;8-;5-;;;/m.000.../s1. The van der Waals surface area contributed by atoms with Gasteiger partial charge in [-0.2, -0.15) is 0 Å². The summed E-state index contributed by atoms with van der Waals surface area (Å²) >= 11 is 0. The number of nitrogens with one attached hydrogen (secondary N) is 4. The van der Waals surface area contributed by atoms with Gasteiger partial charge < -0.3 is 110 Å². The molecule has 3 fully saturated rings. The van der Waals surface area contributed by atoms with Crippen molar-refractivity contribution in [2.24, 2.45) is 11.3 Å². The number of halogens is 2. The molecule has 3 aliphatic rings. The maximum absolute atomic E-state index is 14.2. The fraction of sp³-hybridized carbons (Fsp3) is 0.551. The van der Waals surface area contributed by atoms with E-state index in [1.807, 2.05) is 165 Å². The van der Waals surface area contributed by atoms with Gasteiger partial charge in [0.15, 0.2) is 11.6 Å². The monoisotopic (exact) mass is 1560 g/mol. The highest BCUT2D eigenvalue weighted by Gasteiger charge is 2.41. The normalized spacial score (nSPS) is 16.1. The predicted octanol–water partition coefficient (Wildman–Crippen LogP) is 1.25. The third-order valence-electron chi connectivity index (χ3n) is 15.0. The fourth-order valence-electron chi connectivity index (χ4n) is 10.2. The number of ether oxygens (including phenoxy) is 11. The lowest BCUT2D eigenvalue weighted by Crippen LogP contribution is -3.00. The first-order chi connectivity index (χ1) is 49.6. The minimum atomic E-state index is -1.09. The smallest absolute Gasteiger partial charge is 0.415 e. The van der Waals surface area contributed by atoms with Gasteiger partial charge in [-0.1, -0.05) is 98.8 Å². The fourth-order valence-corrected chi connectivity index (χ4v) is 10.2. The van der Waals surface area contributed by atoms with E-state index >= 15 is 0 Å². The van der Waals surface area contributed by atoms with Gasteiger partial charge in [0, 0.05) is 58.8 Å². The van der Waals surface area contributed by atoms with Crippen molar-refractivity contribution in [3.05, 3.63) is 131 Å². The molecule has 3 aliphatic heterocycles. The van der Waals surface area contributed by atoms with E-state index in [1.165, 1.54) is 0 Å². The molecule has 10 N–H and O–H groups in total. The summed E-state index contributed by atoms with van der Waals surface area (Å²) in [5, 5.41) is 10.0. The number of amides is 4. The van der Waals surface area contributed by atoms with Crippen molar-refractivity contribution < 1.29 is 141 Å². The van der Waals surface area contributed by atoms with Crippen LogP contribution in [0.15, 0.2) is 109 Å². The number of alkyl carbamates (subject to hydrolysis) is 3. The molecule has 3 saturated heterocycles. The van der Waals surface area contributed by atoms with Gasteiger partial charge in [0.25, 0.3) is 0 Å². The zero-order chi connectivity index (χ0) is 79.4. The minimum Gasteiger partial charge on any atom is -1.00 e. The van der Waals surface area contributed by atoms with Gasteiger partial charge in [-0.05, 0) is 148 Å². The number of rotatable bonds is 33. The molecule has 108 heavy (non-hydrogen) atoms. The Kier molecular flexibility index (Phi) is 43.3. The van der Waals surface area contributed by atoms with Crippen molar-refractivity contribution in [3.8, 4) is 11.5 Å². The number of carbonyl (C=O) groups is 11. The van der Waals surface area contributed by atoms with E-state index in [2.05, 4.69) is 46.9 Å². The Hall–Kier alpha value is -8.61. The second-order valence-electron chi connectivity index (χ2n) is 29.9. The van der Waals surface area contributed by atoms with Gasteiger partial charge in [0.1, 0.15) is 58.1 Å². The van der Waals surface area contributed by atoms with E-state index in [-0.39, 0.29) is 73.3 Å². The van der Waals surface area contributed by atoms with Gasteiger partial charge in [-0.3, -0.25) is 24.0 Å². The second kappa shape index (κ2) is 48.0. The zero-order valence-corrected chi connectivity index (χ0v) is 66.8. The molecule has 0 radical (unpaired) electrons. The van der Waals surface area contributed by atoms with Gasteiger partial charge in [0.2, 0.25) is 5.91 Å². The topological polar surface area (TPSA) is 393 Å².